The van der Waals surface area contributed by atoms with Crippen LogP contribution in [-0.4, -0.2) is 30.6 Å². The van der Waals surface area contributed by atoms with Crippen LogP contribution < -0.4 is 10.6 Å². The number of phenolic OH excluding ortho intramolecular Hbond substituents is 1. The second kappa shape index (κ2) is 7.53. The smallest absolute Gasteiger partial charge is 0.276 e. The van der Waals surface area contributed by atoms with Crippen molar-refractivity contribution in [3.05, 3.63) is 77.3 Å². The molecule has 9 heteroatoms. The molecule has 28 heavy (non-hydrogen) atoms. The minimum absolute atomic E-state index is 0.126. The van der Waals surface area contributed by atoms with Gasteiger partial charge >= 0.3 is 0 Å². The zero-order chi connectivity index (χ0) is 19.5. The molecule has 3 heterocycles. The number of hydrogen-bond acceptors (Lipinski definition) is 6. The molecule has 0 spiro atoms. The molecule has 4 rings (SSSR count). The molecule has 0 unspecified atom stereocenters. The third-order valence-corrected chi connectivity index (χ3v) is 4.21. The van der Waals surface area contributed by atoms with Crippen LogP contribution in [0.4, 0.5) is 11.5 Å². The van der Waals surface area contributed by atoms with Gasteiger partial charge in [0.1, 0.15) is 16.7 Å². The van der Waals surface area contributed by atoms with E-state index in [0.29, 0.717) is 34.5 Å². The van der Waals surface area contributed by atoms with Crippen LogP contribution in [0.5, 0.6) is 5.75 Å². The quantitative estimate of drug-likeness (QED) is 0.354. The summed E-state index contributed by atoms with van der Waals surface area (Å²) in [5.74, 6) is 0.352. The van der Waals surface area contributed by atoms with Crippen molar-refractivity contribution in [3.8, 4) is 5.75 Å². The molecule has 0 saturated carbocycles. The molecule has 0 atom stereocenters. The molecule has 0 fully saturated rings. The summed E-state index contributed by atoms with van der Waals surface area (Å²) in [6.45, 7) is 0.506. The number of anilines is 2. The number of hydrogen-bond donors (Lipinski definition) is 3. The summed E-state index contributed by atoms with van der Waals surface area (Å²) in [5.41, 5.74) is 2.35. The molecule has 8 nitrogen and oxygen atoms in total. The number of phenols is 1. The number of carbonyl (C=O) groups is 1. The van der Waals surface area contributed by atoms with Crippen LogP contribution >= 0.6 is 11.6 Å². The molecule has 0 aliphatic rings. The van der Waals surface area contributed by atoms with Crippen molar-refractivity contribution in [2.75, 3.05) is 10.6 Å². The van der Waals surface area contributed by atoms with Crippen molar-refractivity contribution in [2.45, 2.75) is 6.54 Å². The van der Waals surface area contributed by atoms with Crippen LogP contribution in [0.3, 0.4) is 0 Å². The SMILES string of the molecule is O=C(Nc1ccc(O)cc1)c1cnc2ccc(NCc3ccc(Cl)nc3)nn12. The fourth-order valence-electron chi connectivity index (χ4n) is 2.57. The van der Waals surface area contributed by atoms with Gasteiger partial charge in [0.2, 0.25) is 0 Å². The molecule has 1 amide bonds. The number of nitrogens with one attached hydrogen (secondary N) is 2. The number of imidazole rings is 1. The summed E-state index contributed by atoms with van der Waals surface area (Å²) in [5, 5.41) is 20.2. The lowest BCUT2D eigenvalue weighted by Gasteiger charge is -2.08. The van der Waals surface area contributed by atoms with Crippen LogP contribution in [0.25, 0.3) is 5.65 Å². The van der Waals surface area contributed by atoms with Crippen LogP contribution in [-0.2, 0) is 6.54 Å². The topological polar surface area (TPSA) is 104 Å². The first-order valence-electron chi connectivity index (χ1n) is 8.38. The average molecular weight is 395 g/mol. The van der Waals surface area contributed by atoms with Gasteiger partial charge in [-0.15, -0.1) is 5.10 Å². The largest absolute Gasteiger partial charge is 0.508 e. The number of aromatic hydroxyl groups is 1. The first-order valence-corrected chi connectivity index (χ1v) is 8.76. The summed E-state index contributed by atoms with van der Waals surface area (Å²) in [6, 6.07) is 13.4. The Labute approximate surface area is 164 Å². The first-order chi connectivity index (χ1) is 13.6. The van der Waals surface area contributed by atoms with Crippen LogP contribution in [0.1, 0.15) is 16.1 Å². The molecule has 0 radical (unpaired) electrons. The lowest BCUT2D eigenvalue weighted by Crippen LogP contribution is -2.15. The van der Waals surface area contributed by atoms with Crippen LogP contribution in [0.2, 0.25) is 5.15 Å². The molecule has 0 bridgehead atoms. The number of carbonyl (C=O) groups excluding carboxylic acids is 1. The number of halogens is 1. The molecule has 4 aromatic rings. The second-order valence-electron chi connectivity index (χ2n) is 5.98. The lowest BCUT2D eigenvalue weighted by molar-refractivity contribution is 0.102. The zero-order valence-electron chi connectivity index (χ0n) is 14.5. The highest BCUT2D eigenvalue weighted by Crippen LogP contribution is 2.16. The van der Waals surface area contributed by atoms with E-state index in [2.05, 4.69) is 25.7 Å². The summed E-state index contributed by atoms with van der Waals surface area (Å²) in [4.78, 5) is 20.8. The molecule has 0 aliphatic heterocycles. The maximum Gasteiger partial charge on any atom is 0.276 e. The van der Waals surface area contributed by atoms with Gasteiger partial charge in [0.05, 0.1) is 6.20 Å². The van der Waals surface area contributed by atoms with E-state index in [4.69, 9.17) is 11.6 Å². The molecule has 0 aliphatic carbocycles. The van der Waals surface area contributed by atoms with E-state index in [0.717, 1.165) is 5.56 Å². The summed E-state index contributed by atoms with van der Waals surface area (Å²) >= 11 is 5.79. The van der Waals surface area contributed by atoms with E-state index in [9.17, 15) is 9.90 Å². The Bertz CT molecular complexity index is 1130. The predicted molar refractivity (Wildman–Crippen MR) is 106 cm³/mol. The van der Waals surface area contributed by atoms with Crippen molar-refractivity contribution >= 4 is 34.7 Å². The standard InChI is InChI=1S/C19H15ClN6O2/c20-16-6-1-12(9-21-16)10-22-17-7-8-18-23-11-15(26(18)25-17)19(28)24-13-2-4-14(27)5-3-13/h1-9,11,27H,10H2,(H,22,25)(H,24,28). The van der Waals surface area contributed by atoms with E-state index < -0.39 is 0 Å². The van der Waals surface area contributed by atoms with Crippen LogP contribution in [0, 0.1) is 0 Å². The van der Waals surface area contributed by atoms with Crippen molar-refractivity contribution in [1.29, 1.82) is 0 Å². The molecule has 3 N–H and O–H groups in total. The normalized spacial score (nSPS) is 10.8. The molecule has 140 valence electrons. The van der Waals surface area contributed by atoms with Gasteiger partial charge in [0, 0.05) is 18.4 Å². The van der Waals surface area contributed by atoms with Crippen LogP contribution in [0.15, 0.2) is 60.9 Å². The Morgan fingerprint density at radius 3 is 2.61 bits per heavy atom. The number of pyridine rings is 1. The second-order valence-corrected chi connectivity index (χ2v) is 6.36. The van der Waals surface area contributed by atoms with E-state index in [-0.39, 0.29) is 11.7 Å². The maximum atomic E-state index is 12.6. The number of benzene rings is 1. The van der Waals surface area contributed by atoms with Gasteiger partial charge in [-0.1, -0.05) is 17.7 Å². The van der Waals surface area contributed by atoms with E-state index >= 15 is 0 Å². The van der Waals surface area contributed by atoms with E-state index in [1.54, 1.807) is 36.5 Å². The number of aromatic nitrogens is 4. The third-order valence-electron chi connectivity index (χ3n) is 3.98. The van der Waals surface area contributed by atoms with Crippen molar-refractivity contribution in [3.63, 3.8) is 0 Å². The Morgan fingerprint density at radius 1 is 1.04 bits per heavy atom. The molecular weight excluding hydrogens is 380 g/mol. The van der Waals surface area contributed by atoms with Gasteiger partial charge in [-0.3, -0.25) is 4.79 Å². The molecule has 1 aromatic carbocycles. The monoisotopic (exact) mass is 394 g/mol. The molecule has 0 saturated heterocycles. The van der Waals surface area contributed by atoms with Crippen molar-refractivity contribution in [1.82, 2.24) is 19.6 Å². The Morgan fingerprint density at radius 2 is 1.86 bits per heavy atom. The summed E-state index contributed by atoms with van der Waals surface area (Å²) in [6.07, 6.45) is 3.15. The van der Waals surface area contributed by atoms with Gasteiger partial charge in [0.25, 0.3) is 5.91 Å². The highest BCUT2D eigenvalue weighted by molar-refractivity contribution is 6.29. The Kier molecular flexibility index (Phi) is 4.77. The number of fused-ring (bicyclic) bond motifs is 1. The predicted octanol–water partition coefficient (Wildman–Crippen LogP) is 3.35. The minimum atomic E-state index is -0.357. The number of nitrogens with zero attached hydrogens (tertiary/aromatic N) is 4. The van der Waals surface area contributed by atoms with E-state index in [1.165, 1.54) is 22.8 Å². The summed E-state index contributed by atoms with van der Waals surface area (Å²) < 4.78 is 1.47. The first kappa shape index (κ1) is 17.7. The fraction of sp³-hybridized carbons (Fsp3) is 0.0526. The average Bonchev–Trinajstić information content (AvgIpc) is 3.13. The van der Waals surface area contributed by atoms with Gasteiger partial charge in [-0.2, -0.15) is 0 Å². The number of rotatable bonds is 5. The fourth-order valence-corrected chi connectivity index (χ4v) is 2.68. The number of amides is 1. The van der Waals surface area contributed by atoms with Crippen molar-refractivity contribution in [2.24, 2.45) is 0 Å². The Hall–Kier alpha value is -3.65. The maximum absolute atomic E-state index is 12.6. The highest BCUT2D eigenvalue weighted by atomic mass is 35.5. The lowest BCUT2D eigenvalue weighted by atomic mass is 10.3. The third kappa shape index (κ3) is 3.86. The molecular formula is C19H15ClN6O2. The minimum Gasteiger partial charge on any atom is -0.508 e. The van der Waals surface area contributed by atoms with Gasteiger partial charge in [-0.25, -0.2) is 14.5 Å². The highest BCUT2D eigenvalue weighted by Gasteiger charge is 2.14. The Balaban J connectivity index is 1.52. The zero-order valence-corrected chi connectivity index (χ0v) is 15.3. The van der Waals surface area contributed by atoms with Gasteiger partial charge < -0.3 is 15.7 Å². The van der Waals surface area contributed by atoms with Gasteiger partial charge in [-0.05, 0) is 48.0 Å². The summed E-state index contributed by atoms with van der Waals surface area (Å²) in [7, 11) is 0. The molecule has 3 aromatic heterocycles. The van der Waals surface area contributed by atoms with Gasteiger partial charge in [0.15, 0.2) is 11.3 Å². The van der Waals surface area contributed by atoms with E-state index in [1.807, 2.05) is 6.07 Å². The van der Waals surface area contributed by atoms with Crippen molar-refractivity contribution < 1.29 is 9.90 Å².